The summed E-state index contributed by atoms with van der Waals surface area (Å²) in [5, 5.41) is 13.8. The number of nitrogens with one attached hydrogen (secondary N) is 1. The van der Waals surface area contributed by atoms with Gasteiger partial charge in [-0.3, -0.25) is 4.79 Å². The normalized spacial score (nSPS) is 10.7. The molecule has 0 aliphatic carbocycles. The summed E-state index contributed by atoms with van der Waals surface area (Å²) in [5.41, 5.74) is 6.23. The molecule has 0 radical (unpaired) electrons. The number of thioether (sulfide) groups is 1. The van der Waals surface area contributed by atoms with Crippen molar-refractivity contribution in [1.29, 1.82) is 5.26 Å². The molecular formula is C24H22BrN5O3S. The molecule has 1 aromatic heterocycles. The van der Waals surface area contributed by atoms with E-state index < -0.39 is 0 Å². The first-order chi connectivity index (χ1) is 16.4. The van der Waals surface area contributed by atoms with Crippen LogP contribution in [0, 0.1) is 25.2 Å². The van der Waals surface area contributed by atoms with Crippen molar-refractivity contribution in [2.75, 3.05) is 12.9 Å². The highest BCUT2D eigenvalue weighted by atomic mass is 79.9. The van der Waals surface area contributed by atoms with Crippen molar-refractivity contribution in [2.24, 2.45) is 5.10 Å². The van der Waals surface area contributed by atoms with Gasteiger partial charge in [0.1, 0.15) is 6.61 Å². The summed E-state index contributed by atoms with van der Waals surface area (Å²) >= 11 is 4.74. The fourth-order valence-corrected chi connectivity index (χ4v) is 4.27. The molecule has 10 heteroatoms. The molecule has 0 aliphatic rings. The van der Waals surface area contributed by atoms with Gasteiger partial charge in [-0.1, -0.05) is 30.0 Å². The van der Waals surface area contributed by atoms with E-state index in [1.807, 2.05) is 38.1 Å². The smallest absolute Gasteiger partial charge is 0.250 e. The molecule has 0 atom stereocenters. The van der Waals surface area contributed by atoms with Gasteiger partial charge in [-0.15, -0.1) is 0 Å². The zero-order chi connectivity index (χ0) is 24.5. The number of carbonyl (C=O) groups is 1. The second-order valence-corrected chi connectivity index (χ2v) is 8.90. The first kappa shape index (κ1) is 25.2. The van der Waals surface area contributed by atoms with Crippen molar-refractivity contribution in [1.82, 2.24) is 15.4 Å². The van der Waals surface area contributed by atoms with Crippen LogP contribution in [-0.2, 0) is 11.4 Å². The fourth-order valence-electron chi connectivity index (χ4n) is 2.96. The number of nitrogens with zero attached hydrogens (tertiary/aromatic N) is 4. The molecule has 3 rings (SSSR count). The van der Waals surface area contributed by atoms with Gasteiger partial charge in [0.2, 0.25) is 0 Å². The Morgan fingerprint density at radius 1 is 1.24 bits per heavy atom. The lowest BCUT2D eigenvalue weighted by Gasteiger charge is -2.14. The number of aryl methyl sites for hydroxylation is 2. The summed E-state index contributed by atoms with van der Waals surface area (Å²) in [5.74, 6) is 0.857. The number of hydrogen-bond acceptors (Lipinski definition) is 8. The highest BCUT2D eigenvalue weighted by molar-refractivity contribution is 9.10. The van der Waals surface area contributed by atoms with Crippen molar-refractivity contribution < 1.29 is 14.3 Å². The minimum absolute atomic E-state index is 0.143. The predicted molar refractivity (Wildman–Crippen MR) is 134 cm³/mol. The number of aromatic nitrogens is 2. The molecule has 0 saturated carbocycles. The molecule has 0 saturated heterocycles. The number of nitriles is 1. The Balaban J connectivity index is 1.61. The third-order valence-corrected chi connectivity index (χ3v) is 5.89. The van der Waals surface area contributed by atoms with Crippen LogP contribution in [0.3, 0.4) is 0 Å². The Kier molecular flexibility index (Phi) is 9.01. The SMILES string of the molecule is COc1cc(/C=N\NC(=O)CSc2nc(C)cc(C)n2)cc(Br)c1OCc1ccccc1C#N. The number of amides is 1. The maximum absolute atomic E-state index is 12.1. The first-order valence-corrected chi connectivity index (χ1v) is 11.9. The maximum Gasteiger partial charge on any atom is 0.250 e. The number of ether oxygens (including phenoxy) is 2. The molecular weight excluding hydrogens is 518 g/mol. The Morgan fingerprint density at radius 3 is 2.68 bits per heavy atom. The molecule has 0 unspecified atom stereocenters. The summed E-state index contributed by atoms with van der Waals surface area (Å²) in [6, 6.07) is 14.8. The van der Waals surface area contributed by atoms with E-state index in [1.54, 1.807) is 18.2 Å². The van der Waals surface area contributed by atoms with Crippen LogP contribution >= 0.6 is 27.7 Å². The highest BCUT2D eigenvalue weighted by Gasteiger charge is 2.13. The lowest BCUT2D eigenvalue weighted by Crippen LogP contribution is -2.19. The maximum atomic E-state index is 12.1. The monoisotopic (exact) mass is 539 g/mol. The number of rotatable bonds is 9. The van der Waals surface area contributed by atoms with E-state index in [1.165, 1.54) is 25.1 Å². The first-order valence-electron chi connectivity index (χ1n) is 10.1. The number of hydrogen-bond donors (Lipinski definition) is 1. The lowest BCUT2D eigenvalue weighted by atomic mass is 10.1. The van der Waals surface area contributed by atoms with Crippen molar-refractivity contribution >= 4 is 39.8 Å². The molecule has 0 aliphatic heterocycles. The van der Waals surface area contributed by atoms with Crippen LogP contribution in [0.5, 0.6) is 11.5 Å². The lowest BCUT2D eigenvalue weighted by molar-refractivity contribution is -0.118. The average molecular weight is 540 g/mol. The van der Waals surface area contributed by atoms with Gasteiger partial charge in [0.05, 0.1) is 35.2 Å². The molecule has 34 heavy (non-hydrogen) atoms. The van der Waals surface area contributed by atoms with Gasteiger partial charge in [-0.2, -0.15) is 10.4 Å². The summed E-state index contributed by atoms with van der Waals surface area (Å²) in [6.07, 6.45) is 1.51. The Hall–Kier alpha value is -3.42. The van der Waals surface area contributed by atoms with Crippen molar-refractivity contribution in [3.8, 4) is 17.6 Å². The molecule has 3 aromatic rings. The van der Waals surface area contributed by atoms with Gasteiger partial charge in [0, 0.05) is 17.0 Å². The van der Waals surface area contributed by atoms with E-state index in [9.17, 15) is 10.1 Å². The van der Waals surface area contributed by atoms with Crippen LogP contribution in [0.4, 0.5) is 0 Å². The third kappa shape index (κ3) is 7.04. The molecule has 0 bridgehead atoms. The van der Waals surface area contributed by atoms with Crippen LogP contribution in [0.2, 0.25) is 0 Å². The van der Waals surface area contributed by atoms with Gasteiger partial charge >= 0.3 is 0 Å². The van der Waals surface area contributed by atoms with Gasteiger partial charge in [0.25, 0.3) is 5.91 Å². The van der Waals surface area contributed by atoms with E-state index in [0.29, 0.717) is 32.3 Å². The Morgan fingerprint density at radius 2 is 1.97 bits per heavy atom. The molecule has 2 aromatic carbocycles. The molecule has 0 spiro atoms. The van der Waals surface area contributed by atoms with Gasteiger partial charge in [-0.05, 0) is 59.6 Å². The van der Waals surface area contributed by atoms with E-state index in [0.717, 1.165) is 17.0 Å². The predicted octanol–water partition coefficient (Wildman–Crippen LogP) is 4.56. The van der Waals surface area contributed by atoms with E-state index in [-0.39, 0.29) is 18.3 Å². The molecule has 1 amide bonds. The standard InChI is InChI=1S/C24H22BrN5O3S/c1-15-8-16(2)29-24(28-15)34-14-22(31)30-27-12-17-9-20(25)23(21(10-17)32-3)33-13-19-7-5-4-6-18(19)11-26/h4-10,12H,13-14H2,1-3H3,(H,30,31)/b27-12-. The molecule has 1 N–H and O–H groups in total. The average Bonchev–Trinajstić information content (AvgIpc) is 2.81. The molecule has 8 nitrogen and oxygen atoms in total. The number of hydrazone groups is 1. The minimum Gasteiger partial charge on any atom is -0.493 e. The zero-order valence-corrected chi connectivity index (χ0v) is 21.2. The largest absolute Gasteiger partial charge is 0.493 e. The fraction of sp³-hybridized carbons (Fsp3) is 0.208. The van der Waals surface area contributed by atoms with Crippen molar-refractivity contribution in [2.45, 2.75) is 25.6 Å². The van der Waals surface area contributed by atoms with E-state index in [2.05, 4.69) is 42.5 Å². The van der Waals surface area contributed by atoms with E-state index >= 15 is 0 Å². The number of halogens is 1. The van der Waals surface area contributed by atoms with Crippen LogP contribution < -0.4 is 14.9 Å². The van der Waals surface area contributed by atoms with Gasteiger partial charge in [-0.25, -0.2) is 15.4 Å². The van der Waals surface area contributed by atoms with Gasteiger partial charge in [0.15, 0.2) is 16.7 Å². The Bertz CT molecular complexity index is 1240. The van der Waals surface area contributed by atoms with Crippen LogP contribution in [0.1, 0.15) is 28.1 Å². The zero-order valence-electron chi connectivity index (χ0n) is 18.8. The van der Waals surface area contributed by atoms with Crippen molar-refractivity contribution in [3.05, 3.63) is 75.0 Å². The highest BCUT2D eigenvalue weighted by Crippen LogP contribution is 2.37. The summed E-state index contributed by atoms with van der Waals surface area (Å²) in [6.45, 7) is 3.98. The Labute approximate surface area is 210 Å². The van der Waals surface area contributed by atoms with E-state index in [4.69, 9.17) is 9.47 Å². The van der Waals surface area contributed by atoms with Crippen LogP contribution in [0.25, 0.3) is 0 Å². The molecule has 174 valence electrons. The summed E-state index contributed by atoms with van der Waals surface area (Å²) in [4.78, 5) is 20.7. The number of benzene rings is 2. The van der Waals surface area contributed by atoms with Gasteiger partial charge < -0.3 is 9.47 Å². The second kappa shape index (κ2) is 12.2. The quantitative estimate of drug-likeness (QED) is 0.183. The topological polar surface area (TPSA) is 109 Å². The van der Waals surface area contributed by atoms with Crippen molar-refractivity contribution in [3.63, 3.8) is 0 Å². The number of methoxy groups -OCH3 is 1. The number of carbonyl (C=O) groups excluding carboxylic acids is 1. The second-order valence-electron chi connectivity index (χ2n) is 7.11. The molecule has 0 fully saturated rings. The molecule has 1 heterocycles. The summed E-state index contributed by atoms with van der Waals surface area (Å²) < 4.78 is 12.0. The third-order valence-electron chi connectivity index (χ3n) is 4.46. The van der Waals surface area contributed by atoms with Crippen LogP contribution in [-0.4, -0.2) is 35.0 Å². The summed E-state index contributed by atoms with van der Waals surface area (Å²) in [7, 11) is 1.53. The van der Waals surface area contributed by atoms with Crippen LogP contribution in [0.15, 0.2) is 57.2 Å². The minimum atomic E-state index is -0.272.